The van der Waals surface area contributed by atoms with Crippen LogP contribution in [0.4, 0.5) is 0 Å². The summed E-state index contributed by atoms with van der Waals surface area (Å²) in [6.45, 7) is 3.97. The molecule has 0 aliphatic heterocycles. The molecule has 160 valence electrons. The van der Waals surface area contributed by atoms with E-state index >= 15 is 0 Å². The first-order valence-electron chi connectivity index (χ1n) is 10.3. The number of benzene rings is 3. The number of hydrogen-bond acceptors (Lipinski definition) is 4. The first-order chi connectivity index (χ1) is 15.1. The number of aromatic nitrogens is 2. The highest BCUT2D eigenvalue weighted by molar-refractivity contribution is 6.32. The lowest BCUT2D eigenvalue weighted by molar-refractivity contribution is 0.284. The maximum absolute atomic E-state index is 6.51. The van der Waals surface area contributed by atoms with Crippen LogP contribution < -0.4 is 14.8 Å². The van der Waals surface area contributed by atoms with Gasteiger partial charge in [-0.25, -0.2) is 4.98 Å². The minimum Gasteiger partial charge on any atom is -0.493 e. The molecule has 6 heteroatoms. The van der Waals surface area contributed by atoms with Gasteiger partial charge in [0.05, 0.1) is 23.2 Å². The van der Waals surface area contributed by atoms with Crippen molar-refractivity contribution in [1.82, 2.24) is 15.3 Å². The molecule has 4 aromatic rings. The number of nitrogens with zero attached hydrogens (tertiary/aromatic N) is 1. The number of aromatic amines is 1. The van der Waals surface area contributed by atoms with E-state index in [9.17, 15) is 0 Å². The van der Waals surface area contributed by atoms with Gasteiger partial charge >= 0.3 is 0 Å². The van der Waals surface area contributed by atoms with Crippen LogP contribution in [0.25, 0.3) is 11.0 Å². The van der Waals surface area contributed by atoms with E-state index in [0.29, 0.717) is 29.7 Å². The smallest absolute Gasteiger partial charge is 0.180 e. The highest BCUT2D eigenvalue weighted by atomic mass is 35.5. The van der Waals surface area contributed by atoms with Crippen LogP contribution in [0.2, 0.25) is 5.02 Å². The van der Waals surface area contributed by atoms with Crippen LogP contribution in [0.1, 0.15) is 22.5 Å². The molecular formula is C25H26ClN3O2. The van der Waals surface area contributed by atoms with Crippen LogP contribution in [-0.4, -0.2) is 23.6 Å². The van der Waals surface area contributed by atoms with E-state index in [4.69, 9.17) is 21.1 Å². The molecule has 0 spiro atoms. The second-order valence-electron chi connectivity index (χ2n) is 7.51. The van der Waals surface area contributed by atoms with Crippen molar-refractivity contribution < 1.29 is 9.47 Å². The van der Waals surface area contributed by atoms with E-state index in [-0.39, 0.29) is 0 Å². The molecule has 1 aromatic heterocycles. The summed E-state index contributed by atoms with van der Waals surface area (Å²) in [5.74, 6) is 2.17. The molecule has 0 saturated carbocycles. The number of halogens is 1. The highest BCUT2D eigenvalue weighted by Gasteiger charge is 2.12. The van der Waals surface area contributed by atoms with Gasteiger partial charge in [-0.15, -0.1) is 0 Å². The van der Waals surface area contributed by atoms with Crippen molar-refractivity contribution in [2.24, 2.45) is 0 Å². The standard InChI is InChI=1S/C25H26ClN3O2/c1-17-7-9-18(10-8-17)16-31-25-20(26)13-19(14-23(25)30-2)15-27-12-11-24-28-21-5-3-4-6-22(21)29-24/h3-10,13-14,27H,11-12,15-16H2,1-2H3,(H,28,29). The summed E-state index contributed by atoms with van der Waals surface area (Å²) in [7, 11) is 1.63. The van der Waals surface area contributed by atoms with E-state index < -0.39 is 0 Å². The quantitative estimate of drug-likeness (QED) is 0.343. The fourth-order valence-electron chi connectivity index (χ4n) is 3.42. The number of methoxy groups -OCH3 is 1. The number of nitrogens with one attached hydrogen (secondary N) is 2. The van der Waals surface area contributed by atoms with Crippen molar-refractivity contribution in [3.8, 4) is 11.5 Å². The third kappa shape index (κ3) is 5.37. The summed E-state index contributed by atoms with van der Waals surface area (Å²) in [4.78, 5) is 7.96. The first-order valence-corrected chi connectivity index (χ1v) is 10.7. The Balaban J connectivity index is 1.34. The Bertz CT molecular complexity index is 1120. The summed E-state index contributed by atoms with van der Waals surface area (Å²) in [5, 5.41) is 3.98. The van der Waals surface area contributed by atoms with Gasteiger partial charge in [-0.1, -0.05) is 53.6 Å². The monoisotopic (exact) mass is 435 g/mol. The lowest BCUT2D eigenvalue weighted by Gasteiger charge is -2.15. The molecule has 0 amide bonds. The van der Waals surface area contributed by atoms with Crippen LogP contribution in [-0.2, 0) is 19.6 Å². The summed E-state index contributed by atoms with van der Waals surface area (Å²) in [6, 6.07) is 20.2. The van der Waals surface area contributed by atoms with E-state index in [2.05, 4.69) is 46.5 Å². The van der Waals surface area contributed by atoms with Crippen LogP contribution in [0.15, 0.2) is 60.7 Å². The third-order valence-electron chi connectivity index (χ3n) is 5.10. The van der Waals surface area contributed by atoms with Crippen molar-refractivity contribution in [3.63, 3.8) is 0 Å². The van der Waals surface area contributed by atoms with Crippen LogP contribution in [0.3, 0.4) is 0 Å². The zero-order valence-electron chi connectivity index (χ0n) is 17.7. The van der Waals surface area contributed by atoms with Gasteiger partial charge in [-0.2, -0.15) is 0 Å². The molecule has 0 saturated heterocycles. The second kappa shape index (κ2) is 9.86. The van der Waals surface area contributed by atoms with E-state index in [1.807, 2.05) is 36.4 Å². The third-order valence-corrected chi connectivity index (χ3v) is 5.38. The fourth-order valence-corrected chi connectivity index (χ4v) is 3.71. The van der Waals surface area contributed by atoms with Crippen LogP contribution in [0.5, 0.6) is 11.5 Å². The predicted molar refractivity (Wildman–Crippen MR) is 125 cm³/mol. The zero-order chi connectivity index (χ0) is 21.6. The largest absolute Gasteiger partial charge is 0.493 e. The van der Waals surface area contributed by atoms with Crippen molar-refractivity contribution in [2.45, 2.75) is 26.5 Å². The first kappa shape index (κ1) is 21.2. The maximum atomic E-state index is 6.51. The van der Waals surface area contributed by atoms with E-state index in [1.54, 1.807) is 7.11 Å². The summed E-state index contributed by atoms with van der Waals surface area (Å²) in [5.41, 5.74) is 5.40. The molecule has 0 radical (unpaired) electrons. The molecule has 0 aliphatic rings. The number of ether oxygens (including phenoxy) is 2. The van der Waals surface area contributed by atoms with Gasteiger partial charge in [0.2, 0.25) is 0 Å². The normalized spacial score (nSPS) is 11.1. The fraction of sp³-hybridized carbons (Fsp3) is 0.240. The van der Waals surface area contributed by atoms with Gasteiger partial charge in [0.25, 0.3) is 0 Å². The van der Waals surface area contributed by atoms with Gasteiger partial charge < -0.3 is 19.8 Å². The molecule has 3 aromatic carbocycles. The highest BCUT2D eigenvalue weighted by Crippen LogP contribution is 2.37. The molecule has 4 rings (SSSR count). The molecule has 31 heavy (non-hydrogen) atoms. The van der Waals surface area contributed by atoms with Crippen molar-refractivity contribution >= 4 is 22.6 Å². The van der Waals surface area contributed by atoms with Gasteiger partial charge in [0.15, 0.2) is 11.5 Å². The Morgan fingerprint density at radius 2 is 1.84 bits per heavy atom. The molecule has 5 nitrogen and oxygen atoms in total. The summed E-state index contributed by atoms with van der Waals surface area (Å²) >= 11 is 6.51. The molecule has 0 unspecified atom stereocenters. The van der Waals surface area contributed by atoms with Crippen molar-refractivity contribution in [3.05, 3.63) is 88.2 Å². The van der Waals surface area contributed by atoms with Crippen molar-refractivity contribution in [2.75, 3.05) is 13.7 Å². The molecular weight excluding hydrogens is 410 g/mol. The Morgan fingerprint density at radius 3 is 2.61 bits per heavy atom. The number of H-pyrrole nitrogens is 1. The van der Waals surface area contributed by atoms with Gasteiger partial charge in [-0.3, -0.25) is 0 Å². The molecule has 0 fully saturated rings. The second-order valence-corrected chi connectivity index (χ2v) is 7.92. The average molecular weight is 436 g/mol. The number of para-hydroxylation sites is 2. The Kier molecular flexibility index (Phi) is 6.75. The molecule has 0 bridgehead atoms. The Morgan fingerprint density at radius 1 is 1.03 bits per heavy atom. The molecule has 0 atom stereocenters. The lowest BCUT2D eigenvalue weighted by Crippen LogP contribution is -2.17. The number of rotatable bonds is 9. The minimum atomic E-state index is 0.436. The van der Waals surface area contributed by atoms with Crippen LogP contribution in [0, 0.1) is 6.92 Å². The molecule has 2 N–H and O–H groups in total. The number of imidazole rings is 1. The zero-order valence-corrected chi connectivity index (χ0v) is 18.5. The SMILES string of the molecule is COc1cc(CNCCc2nc3ccccc3[nH]2)cc(Cl)c1OCc1ccc(C)cc1. The predicted octanol–water partition coefficient (Wildman–Crippen LogP) is 5.44. The Hall–Kier alpha value is -3.02. The summed E-state index contributed by atoms with van der Waals surface area (Å²) < 4.78 is 11.5. The lowest BCUT2D eigenvalue weighted by atomic mass is 10.1. The minimum absolute atomic E-state index is 0.436. The Labute approximate surface area is 187 Å². The maximum Gasteiger partial charge on any atom is 0.180 e. The van der Waals surface area contributed by atoms with E-state index in [0.717, 1.165) is 41.0 Å². The number of aryl methyl sites for hydroxylation is 1. The van der Waals surface area contributed by atoms with Gasteiger partial charge in [0.1, 0.15) is 12.4 Å². The van der Waals surface area contributed by atoms with E-state index in [1.165, 1.54) is 5.56 Å². The van der Waals surface area contributed by atoms with Crippen molar-refractivity contribution in [1.29, 1.82) is 0 Å². The van der Waals surface area contributed by atoms with Crippen LogP contribution >= 0.6 is 11.6 Å². The summed E-state index contributed by atoms with van der Waals surface area (Å²) in [6.07, 6.45) is 0.817. The number of fused-ring (bicyclic) bond motifs is 1. The molecule has 0 aliphatic carbocycles. The average Bonchev–Trinajstić information content (AvgIpc) is 3.19. The van der Waals surface area contributed by atoms with Gasteiger partial charge in [-0.05, 0) is 42.3 Å². The topological polar surface area (TPSA) is 59.2 Å². The molecule has 1 heterocycles. The number of hydrogen-bond donors (Lipinski definition) is 2. The van der Waals surface area contributed by atoms with Gasteiger partial charge in [0, 0.05) is 19.5 Å².